The average Bonchev–Trinajstić information content (AvgIpc) is 2.41. The first-order chi connectivity index (χ1) is 10.7. The van der Waals surface area contributed by atoms with Gasteiger partial charge in [-0.3, -0.25) is 8.98 Å². The minimum absolute atomic E-state index is 0.0753. The Labute approximate surface area is 137 Å². The lowest BCUT2D eigenvalue weighted by atomic mass is 10.0. The summed E-state index contributed by atoms with van der Waals surface area (Å²) in [7, 11) is -1.99. The lowest BCUT2D eigenvalue weighted by molar-refractivity contribution is -0.114. The maximum absolute atomic E-state index is 11.3. The van der Waals surface area contributed by atoms with E-state index in [9.17, 15) is 13.2 Å². The number of hydrogen-bond acceptors (Lipinski definition) is 6. The Morgan fingerprint density at radius 2 is 2.04 bits per heavy atom. The second-order valence-electron chi connectivity index (χ2n) is 5.16. The van der Waals surface area contributed by atoms with Crippen molar-refractivity contribution in [2.75, 3.05) is 25.5 Å². The highest BCUT2D eigenvalue weighted by Crippen LogP contribution is 2.29. The van der Waals surface area contributed by atoms with Gasteiger partial charge in [-0.05, 0) is 31.9 Å². The van der Waals surface area contributed by atoms with Crippen LogP contribution in [0.3, 0.4) is 0 Å². The van der Waals surface area contributed by atoms with Gasteiger partial charge in [0, 0.05) is 25.3 Å². The standard InChI is InChI=1S/C15H23NO6S/c1-11(22-23(4,18)19)8-9-13-14(16-12(2)17)6-5-7-15(13)21-10-20-3/h5-7,11H,8-10H2,1-4H3,(H,16,17)/t11-/m1/s1. The van der Waals surface area contributed by atoms with Crippen LogP contribution in [0.2, 0.25) is 0 Å². The van der Waals surface area contributed by atoms with Crippen LogP contribution < -0.4 is 10.1 Å². The van der Waals surface area contributed by atoms with E-state index in [2.05, 4.69) is 5.32 Å². The molecule has 0 saturated heterocycles. The summed E-state index contributed by atoms with van der Waals surface area (Å²) in [5.41, 5.74) is 1.39. The maximum Gasteiger partial charge on any atom is 0.264 e. The lowest BCUT2D eigenvalue weighted by Crippen LogP contribution is -2.16. The minimum atomic E-state index is -3.50. The van der Waals surface area contributed by atoms with Crippen molar-refractivity contribution < 1.29 is 26.9 Å². The summed E-state index contributed by atoms with van der Waals surface area (Å²) < 4.78 is 37.6. The van der Waals surface area contributed by atoms with Crippen LogP contribution in [0, 0.1) is 0 Å². The molecule has 1 N–H and O–H groups in total. The Hall–Kier alpha value is -1.64. The monoisotopic (exact) mass is 345 g/mol. The first-order valence-electron chi connectivity index (χ1n) is 7.12. The van der Waals surface area contributed by atoms with Crippen LogP contribution in [0.15, 0.2) is 18.2 Å². The second-order valence-corrected chi connectivity index (χ2v) is 6.76. The Balaban J connectivity index is 2.92. The molecule has 23 heavy (non-hydrogen) atoms. The van der Waals surface area contributed by atoms with Gasteiger partial charge in [-0.1, -0.05) is 6.07 Å². The molecule has 1 aromatic rings. The fourth-order valence-corrected chi connectivity index (χ4v) is 2.78. The Bertz CT molecular complexity index is 629. The molecule has 8 heteroatoms. The van der Waals surface area contributed by atoms with Crippen molar-refractivity contribution in [3.05, 3.63) is 23.8 Å². The molecule has 0 aliphatic carbocycles. The van der Waals surface area contributed by atoms with Gasteiger partial charge in [0.2, 0.25) is 5.91 Å². The molecule has 1 amide bonds. The smallest absolute Gasteiger partial charge is 0.264 e. The Kier molecular flexibility index (Phi) is 7.47. The minimum Gasteiger partial charge on any atom is -0.467 e. The summed E-state index contributed by atoms with van der Waals surface area (Å²) in [5.74, 6) is 0.375. The van der Waals surface area contributed by atoms with Gasteiger partial charge in [0.05, 0.1) is 12.4 Å². The Morgan fingerprint density at radius 1 is 1.35 bits per heavy atom. The number of nitrogens with one attached hydrogen (secondary N) is 1. The van der Waals surface area contributed by atoms with Gasteiger partial charge < -0.3 is 14.8 Å². The van der Waals surface area contributed by atoms with Crippen LogP contribution in [0.5, 0.6) is 5.75 Å². The number of hydrogen-bond donors (Lipinski definition) is 1. The number of carbonyl (C=O) groups is 1. The highest BCUT2D eigenvalue weighted by molar-refractivity contribution is 7.86. The molecule has 0 radical (unpaired) electrons. The van der Waals surface area contributed by atoms with Gasteiger partial charge in [-0.2, -0.15) is 8.42 Å². The van der Waals surface area contributed by atoms with Gasteiger partial charge in [0.25, 0.3) is 10.1 Å². The third-order valence-electron chi connectivity index (χ3n) is 2.92. The molecule has 7 nitrogen and oxygen atoms in total. The molecule has 0 spiro atoms. The molecule has 0 saturated carbocycles. The molecule has 1 aromatic carbocycles. The predicted molar refractivity (Wildman–Crippen MR) is 87.0 cm³/mol. The number of carbonyl (C=O) groups excluding carboxylic acids is 1. The molecule has 1 atom stereocenters. The molecule has 0 unspecified atom stereocenters. The molecule has 0 bridgehead atoms. The van der Waals surface area contributed by atoms with Crippen molar-refractivity contribution in [3.8, 4) is 5.75 Å². The highest BCUT2D eigenvalue weighted by atomic mass is 32.2. The van der Waals surface area contributed by atoms with Crippen LogP contribution in [0.1, 0.15) is 25.8 Å². The van der Waals surface area contributed by atoms with E-state index >= 15 is 0 Å². The normalized spacial score (nSPS) is 12.7. The molecular formula is C15H23NO6S. The van der Waals surface area contributed by atoms with E-state index < -0.39 is 16.2 Å². The molecule has 130 valence electrons. The number of amides is 1. The zero-order valence-corrected chi connectivity index (χ0v) is 14.6. The number of anilines is 1. The van der Waals surface area contributed by atoms with Gasteiger partial charge in [0.1, 0.15) is 5.75 Å². The summed E-state index contributed by atoms with van der Waals surface area (Å²) in [5, 5.41) is 2.74. The first-order valence-corrected chi connectivity index (χ1v) is 8.94. The van der Waals surface area contributed by atoms with Gasteiger partial charge in [0.15, 0.2) is 6.79 Å². The van der Waals surface area contributed by atoms with Crippen LogP contribution in [0.25, 0.3) is 0 Å². The zero-order chi connectivity index (χ0) is 17.5. The van der Waals surface area contributed by atoms with Crippen LogP contribution >= 0.6 is 0 Å². The van der Waals surface area contributed by atoms with E-state index in [1.54, 1.807) is 25.1 Å². The van der Waals surface area contributed by atoms with Gasteiger partial charge >= 0.3 is 0 Å². The molecule has 0 heterocycles. The molecule has 0 aliphatic rings. The third-order valence-corrected chi connectivity index (χ3v) is 3.59. The molecule has 1 rings (SSSR count). The van der Waals surface area contributed by atoms with Crippen LogP contribution in [0.4, 0.5) is 5.69 Å². The molecular weight excluding hydrogens is 322 g/mol. The molecule has 0 aliphatic heterocycles. The van der Waals surface area contributed by atoms with E-state index in [1.807, 2.05) is 0 Å². The summed E-state index contributed by atoms with van der Waals surface area (Å²) in [4.78, 5) is 11.3. The van der Waals surface area contributed by atoms with Crippen molar-refractivity contribution in [1.29, 1.82) is 0 Å². The summed E-state index contributed by atoms with van der Waals surface area (Å²) >= 11 is 0. The largest absolute Gasteiger partial charge is 0.467 e. The maximum atomic E-state index is 11.3. The number of rotatable bonds is 9. The van der Waals surface area contributed by atoms with Crippen LogP contribution in [-0.4, -0.2) is 40.6 Å². The second kappa shape index (κ2) is 8.85. The van der Waals surface area contributed by atoms with Crippen molar-refractivity contribution >= 4 is 21.7 Å². The van der Waals surface area contributed by atoms with E-state index in [4.69, 9.17) is 13.7 Å². The first kappa shape index (κ1) is 19.4. The van der Waals surface area contributed by atoms with Crippen LogP contribution in [-0.2, 0) is 30.3 Å². The summed E-state index contributed by atoms with van der Waals surface area (Å²) in [6.07, 6.45) is 1.46. The summed E-state index contributed by atoms with van der Waals surface area (Å²) in [6.45, 7) is 3.17. The SMILES string of the molecule is COCOc1cccc(NC(C)=O)c1CC[C@@H](C)OS(C)(=O)=O. The Morgan fingerprint density at radius 3 is 2.61 bits per heavy atom. The van der Waals surface area contributed by atoms with E-state index in [0.29, 0.717) is 24.3 Å². The number of ether oxygens (including phenoxy) is 2. The van der Waals surface area contributed by atoms with E-state index in [0.717, 1.165) is 11.8 Å². The molecule has 0 fully saturated rings. The predicted octanol–water partition coefficient (Wildman–Crippen LogP) is 1.93. The zero-order valence-electron chi connectivity index (χ0n) is 13.8. The molecule has 0 aromatic heterocycles. The summed E-state index contributed by atoms with van der Waals surface area (Å²) in [6, 6.07) is 5.29. The highest BCUT2D eigenvalue weighted by Gasteiger charge is 2.15. The van der Waals surface area contributed by atoms with Crippen molar-refractivity contribution in [3.63, 3.8) is 0 Å². The average molecular weight is 345 g/mol. The van der Waals surface area contributed by atoms with Gasteiger partial charge in [-0.15, -0.1) is 0 Å². The number of methoxy groups -OCH3 is 1. The topological polar surface area (TPSA) is 90.9 Å². The van der Waals surface area contributed by atoms with E-state index in [1.165, 1.54) is 14.0 Å². The van der Waals surface area contributed by atoms with Gasteiger partial charge in [-0.25, -0.2) is 0 Å². The number of benzene rings is 1. The third kappa shape index (κ3) is 7.45. The fourth-order valence-electron chi connectivity index (χ4n) is 2.08. The van der Waals surface area contributed by atoms with Crippen molar-refractivity contribution in [2.45, 2.75) is 32.8 Å². The quantitative estimate of drug-likeness (QED) is 0.543. The fraction of sp³-hybridized carbons (Fsp3) is 0.533. The lowest BCUT2D eigenvalue weighted by Gasteiger charge is -2.17. The van der Waals surface area contributed by atoms with Crippen molar-refractivity contribution in [1.82, 2.24) is 0 Å². The van der Waals surface area contributed by atoms with Crippen molar-refractivity contribution in [2.24, 2.45) is 0 Å². The van der Waals surface area contributed by atoms with E-state index in [-0.39, 0.29) is 12.7 Å².